The average Bonchev–Trinajstić information content (AvgIpc) is 2.88. The summed E-state index contributed by atoms with van der Waals surface area (Å²) in [6.45, 7) is 4.15. The number of aliphatic hydroxyl groups excluding tert-OH is 1. The molecule has 5 rings (SSSR count). The summed E-state index contributed by atoms with van der Waals surface area (Å²) >= 11 is 0. The molecule has 188 valence electrons. The van der Waals surface area contributed by atoms with Crippen LogP contribution < -0.4 is 20.7 Å². The Kier molecular flexibility index (Phi) is 7.15. The lowest BCUT2D eigenvalue weighted by atomic mass is 10.1. The van der Waals surface area contributed by atoms with Gasteiger partial charge in [-0.2, -0.15) is 0 Å². The number of nitrogens with one attached hydrogen (secondary N) is 1. The van der Waals surface area contributed by atoms with Gasteiger partial charge in [0.05, 0.1) is 44.3 Å². The van der Waals surface area contributed by atoms with Crippen molar-refractivity contribution >= 4 is 28.9 Å². The first-order chi connectivity index (χ1) is 17.6. The normalized spacial score (nSPS) is 15.9. The number of nitrogen functional groups attached to an aromatic ring is 1. The van der Waals surface area contributed by atoms with Gasteiger partial charge in [0.15, 0.2) is 0 Å². The predicted molar refractivity (Wildman–Crippen MR) is 137 cm³/mol. The highest BCUT2D eigenvalue weighted by molar-refractivity contribution is 5.77. The first-order valence-corrected chi connectivity index (χ1v) is 12.1. The van der Waals surface area contributed by atoms with Gasteiger partial charge in [-0.1, -0.05) is 0 Å². The van der Waals surface area contributed by atoms with Gasteiger partial charge in [0.2, 0.25) is 11.9 Å². The quantitative estimate of drug-likeness (QED) is 0.408. The van der Waals surface area contributed by atoms with Crippen LogP contribution in [0.25, 0.3) is 11.3 Å². The second-order valence-electron chi connectivity index (χ2n) is 8.80. The Bertz CT molecular complexity index is 1190. The highest BCUT2D eigenvalue weighted by atomic mass is 16.5. The molecule has 2 aliphatic rings. The summed E-state index contributed by atoms with van der Waals surface area (Å²) in [6.07, 6.45) is 1.74. The van der Waals surface area contributed by atoms with Crippen molar-refractivity contribution in [3.63, 3.8) is 0 Å². The van der Waals surface area contributed by atoms with Crippen molar-refractivity contribution < 1.29 is 19.4 Å². The molecular weight excluding hydrogens is 460 g/mol. The number of aliphatic hydroxyl groups is 1. The van der Waals surface area contributed by atoms with E-state index >= 15 is 0 Å². The van der Waals surface area contributed by atoms with Gasteiger partial charge < -0.3 is 35.4 Å². The zero-order chi connectivity index (χ0) is 24.9. The number of anilines is 4. The molecular formula is C26H30N6O4. The van der Waals surface area contributed by atoms with Crippen LogP contribution in [0, 0.1) is 0 Å². The molecule has 2 aromatic carbocycles. The number of likely N-dealkylation sites (tertiary alicyclic amines) is 1. The molecule has 0 radical (unpaired) electrons. The molecule has 10 heteroatoms. The lowest BCUT2D eigenvalue weighted by molar-refractivity contribution is -0.140. The average molecular weight is 491 g/mol. The largest absolute Gasteiger partial charge is 0.485 e. The van der Waals surface area contributed by atoms with Crippen molar-refractivity contribution in [2.75, 3.05) is 62.0 Å². The molecule has 0 atom stereocenters. The molecule has 3 heterocycles. The van der Waals surface area contributed by atoms with E-state index in [-0.39, 0.29) is 25.0 Å². The van der Waals surface area contributed by atoms with Crippen molar-refractivity contribution in [2.24, 2.45) is 0 Å². The van der Waals surface area contributed by atoms with E-state index in [0.29, 0.717) is 30.5 Å². The summed E-state index contributed by atoms with van der Waals surface area (Å²) in [4.78, 5) is 24.7. The number of aromatic nitrogens is 2. The van der Waals surface area contributed by atoms with E-state index < -0.39 is 0 Å². The van der Waals surface area contributed by atoms with Gasteiger partial charge >= 0.3 is 0 Å². The molecule has 0 bridgehead atoms. The molecule has 0 aliphatic carbocycles. The van der Waals surface area contributed by atoms with Crippen molar-refractivity contribution in [1.29, 1.82) is 0 Å². The second-order valence-corrected chi connectivity index (χ2v) is 8.80. The Morgan fingerprint density at radius 1 is 1.14 bits per heavy atom. The number of hydrogen-bond acceptors (Lipinski definition) is 9. The van der Waals surface area contributed by atoms with Crippen LogP contribution in [-0.4, -0.2) is 78.0 Å². The predicted octanol–water partition coefficient (Wildman–Crippen LogP) is 2.28. The van der Waals surface area contributed by atoms with Gasteiger partial charge in [-0.05, 0) is 48.5 Å². The maximum atomic E-state index is 11.8. The molecule has 1 amide bonds. The summed E-state index contributed by atoms with van der Waals surface area (Å²) in [7, 11) is 0. The fraction of sp³-hybridized carbons (Fsp3) is 0.346. The molecule has 10 nitrogen and oxygen atoms in total. The van der Waals surface area contributed by atoms with Crippen molar-refractivity contribution in [1.82, 2.24) is 14.9 Å². The Morgan fingerprint density at radius 3 is 2.64 bits per heavy atom. The molecule has 0 unspecified atom stereocenters. The minimum atomic E-state index is -0.142. The number of morpholine rings is 1. The van der Waals surface area contributed by atoms with Crippen molar-refractivity contribution in [2.45, 2.75) is 12.5 Å². The number of benzene rings is 2. The minimum Gasteiger partial charge on any atom is -0.485 e. The van der Waals surface area contributed by atoms with E-state index in [2.05, 4.69) is 32.3 Å². The first kappa shape index (κ1) is 23.8. The van der Waals surface area contributed by atoms with E-state index in [0.717, 1.165) is 43.2 Å². The third-order valence-electron chi connectivity index (χ3n) is 6.28. The number of nitrogens with zero attached hydrogens (tertiary/aromatic N) is 4. The zero-order valence-electron chi connectivity index (χ0n) is 20.0. The molecule has 3 aromatic rings. The number of amides is 1. The number of carbonyl (C=O) groups excluding carboxylic acids is 1. The first-order valence-electron chi connectivity index (χ1n) is 12.1. The van der Waals surface area contributed by atoms with Gasteiger partial charge in [-0.3, -0.25) is 4.79 Å². The van der Waals surface area contributed by atoms with Crippen LogP contribution in [-0.2, 0) is 9.53 Å². The summed E-state index contributed by atoms with van der Waals surface area (Å²) in [5.74, 6) is 1.00. The lowest BCUT2D eigenvalue weighted by Gasteiger charge is -2.39. The van der Waals surface area contributed by atoms with E-state index in [1.54, 1.807) is 11.1 Å². The Labute approximate surface area is 209 Å². The highest BCUT2D eigenvalue weighted by Crippen LogP contribution is 2.30. The summed E-state index contributed by atoms with van der Waals surface area (Å²) in [5, 5.41) is 12.2. The van der Waals surface area contributed by atoms with Gasteiger partial charge in [0, 0.05) is 42.6 Å². The van der Waals surface area contributed by atoms with Gasteiger partial charge in [0.1, 0.15) is 11.9 Å². The minimum absolute atomic E-state index is 0.0677. The van der Waals surface area contributed by atoms with Crippen LogP contribution in [0.5, 0.6) is 5.75 Å². The van der Waals surface area contributed by atoms with Crippen LogP contribution in [0.1, 0.15) is 6.42 Å². The van der Waals surface area contributed by atoms with Crippen molar-refractivity contribution in [3.05, 3.63) is 54.7 Å². The topological polar surface area (TPSA) is 126 Å². The zero-order valence-corrected chi connectivity index (χ0v) is 20.0. The highest BCUT2D eigenvalue weighted by Gasteiger charge is 2.32. The Hall–Kier alpha value is -3.89. The Balaban J connectivity index is 1.20. The third-order valence-corrected chi connectivity index (χ3v) is 6.28. The number of carbonyl (C=O) groups is 1. The molecule has 2 saturated heterocycles. The molecule has 2 aliphatic heterocycles. The van der Waals surface area contributed by atoms with E-state index in [1.165, 1.54) is 5.69 Å². The van der Waals surface area contributed by atoms with E-state index in [9.17, 15) is 4.79 Å². The molecule has 2 fully saturated rings. The van der Waals surface area contributed by atoms with Crippen LogP contribution >= 0.6 is 0 Å². The number of nitrogens with two attached hydrogens (primary N) is 1. The standard InChI is InChI=1S/C26H30N6O4/c27-22-15-18(1-6-24(22)36-21-16-32(17-21)25(34)8-12-33)23-7-9-28-26(30-23)29-19-2-4-20(5-3-19)31-10-13-35-14-11-31/h1-7,9,15,21,33H,8,10-14,16-17,27H2,(H,28,29,30). The van der Waals surface area contributed by atoms with Crippen LogP contribution in [0.3, 0.4) is 0 Å². The number of ether oxygens (including phenoxy) is 2. The van der Waals surface area contributed by atoms with Crippen LogP contribution in [0.4, 0.5) is 23.0 Å². The Morgan fingerprint density at radius 2 is 1.92 bits per heavy atom. The maximum Gasteiger partial charge on any atom is 0.227 e. The SMILES string of the molecule is Nc1cc(-c2ccnc(Nc3ccc(N4CCOCC4)cc3)n2)ccc1OC1CN(C(=O)CCO)C1. The lowest BCUT2D eigenvalue weighted by Crippen LogP contribution is -2.56. The summed E-state index contributed by atoms with van der Waals surface area (Å²) in [5.41, 5.74) is 10.4. The molecule has 0 saturated carbocycles. The van der Waals surface area contributed by atoms with E-state index in [4.69, 9.17) is 20.3 Å². The van der Waals surface area contributed by atoms with Gasteiger partial charge in [0.25, 0.3) is 0 Å². The number of hydrogen-bond donors (Lipinski definition) is 3. The summed E-state index contributed by atoms with van der Waals surface area (Å²) < 4.78 is 11.4. The molecule has 4 N–H and O–H groups in total. The van der Waals surface area contributed by atoms with Gasteiger partial charge in [-0.15, -0.1) is 0 Å². The summed E-state index contributed by atoms with van der Waals surface area (Å²) in [6, 6.07) is 15.6. The van der Waals surface area contributed by atoms with Crippen molar-refractivity contribution in [3.8, 4) is 17.0 Å². The molecule has 36 heavy (non-hydrogen) atoms. The monoisotopic (exact) mass is 490 g/mol. The van der Waals surface area contributed by atoms with Crippen LogP contribution in [0.2, 0.25) is 0 Å². The fourth-order valence-corrected chi connectivity index (χ4v) is 4.25. The smallest absolute Gasteiger partial charge is 0.227 e. The third kappa shape index (κ3) is 5.50. The van der Waals surface area contributed by atoms with Crippen LogP contribution in [0.15, 0.2) is 54.7 Å². The van der Waals surface area contributed by atoms with E-state index in [1.807, 2.05) is 36.4 Å². The maximum absolute atomic E-state index is 11.8. The second kappa shape index (κ2) is 10.8. The number of rotatable bonds is 8. The molecule has 0 spiro atoms. The fourth-order valence-electron chi connectivity index (χ4n) is 4.25. The molecule has 1 aromatic heterocycles. The van der Waals surface area contributed by atoms with Gasteiger partial charge in [-0.25, -0.2) is 9.97 Å².